The Morgan fingerprint density at radius 3 is 2.71 bits per heavy atom. The number of hydrogen-bond donors (Lipinski definition) is 3. The van der Waals surface area contributed by atoms with E-state index in [1.54, 1.807) is 0 Å². The van der Waals surface area contributed by atoms with Crippen LogP contribution in [0, 0.1) is 12.8 Å². The molecule has 0 spiro atoms. The third-order valence-electron chi connectivity index (χ3n) is 5.63. The van der Waals surface area contributed by atoms with Crippen molar-refractivity contribution < 1.29 is 28.2 Å². The number of halogens is 4. The first-order valence-corrected chi connectivity index (χ1v) is 10.6. The molecule has 1 radical (unpaired) electrons. The third kappa shape index (κ3) is 4.91. The van der Waals surface area contributed by atoms with Gasteiger partial charge in [0.1, 0.15) is 23.9 Å². The first-order chi connectivity index (χ1) is 16.0. The summed E-state index contributed by atoms with van der Waals surface area (Å²) in [4.78, 5) is 21.0. The zero-order valence-corrected chi connectivity index (χ0v) is 18.3. The Morgan fingerprint density at radius 2 is 2.03 bits per heavy atom. The van der Waals surface area contributed by atoms with Crippen LogP contribution >= 0.6 is 11.6 Å². The van der Waals surface area contributed by atoms with Gasteiger partial charge in [0.15, 0.2) is 0 Å². The zero-order valence-electron chi connectivity index (χ0n) is 17.6. The van der Waals surface area contributed by atoms with Crippen LogP contribution in [0.15, 0.2) is 43.0 Å². The van der Waals surface area contributed by atoms with E-state index in [2.05, 4.69) is 27.3 Å². The molecule has 3 aromatic rings. The van der Waals surface area contributed by atoms with Crippen LogP contribution in [0.25, 0.3) is 0 Å². The Labute approximate surface area is 197 Å². The number of benzene rings is 1. The standard InChI is InChI=1S/C22H20ClF3N5O3/c1-11-6-17(20(34)18(11)32)29-21-13(8-27-10-28-21)19(33)16-4-5-31(30-16)9-12-2-3-15(23)14(7-12)22(24,25)26/h2-5,7-8,10-11,17-18,20,32,34H,1,6,9H2,(H,27,28,29)/t11-,17-,18-,20+/m1/s1. The molecular formula is C22H20ClF3N5O3. The van der Waals surface area contributed by atoms with Crippen LogP contribution in [0.5, 0.6) is 0 Å². The second-order valence-electron chi connectivity index (χ2n) is 8.05. The minimum Gasteiger partial charge on any atom is -0.390 e. The number of ketones is 1. The van der Waals surface area contributed by atoms with Crippen molar-refractivity contribution in [3.63, 3.8) is 0 Å². The Kier molecular flexibility index (Phi) is 6.61. The van der Waals surface area contributed by atoms with Gasteiger partial charge in [-0.2, -0.15) is 18.3 Å². The number of aliphatic hydroxyl groups excluding tert-OH is 2. The Hall–Kier alpha value is -3.02. The molecule has 0 aliphatic heterocycles. The first-order valence-electron chi connectivity index (χ1n) is 10.2. The largest absolute Gasteiger partial charge is 0.417 e. The summed E-state index contributed by atoms with van der Waals surface area (Å²) < 4.78 is 40.7. The lowest BCUT2D eigenvalue weighted by Gasteiger charge is -2.19. The van der Waals surface area contributed by atoms with E-state index < -0.39 is 40.8 Å². The van der Waals surface area contributed by atoms with Crippen molar-refractivity contribution in [2.45, 2.75) is 37.4 Å². The predicted molar refractivity (Wildman–Crippen MR) is 116 cm³/mol. The number of aliphatic hydroxyl groups is 2. The molecule has 0 saturated heterocycles. The molecule has 34 heavy (non-hydrogen) atoms. The second-order valence-corrected chi connectivity index (χ2v) is 8.46. The quantitative estimate of drug-likeness (QED) is 0.451. The van der Waals surface area contributed by atoms with E-state index in [1.807, 2.05) is 0 Å². The van der Waals surface area contributed by atoms with E-state index in [0.29, 0.717) is 12.0 Å². The van der Waals surface area contributed by atoms with Gasteiger partial charge in [0.2, 0.25) is 5.78 Å². The number of hydrogen-bond acceptors (Lipinski definition) is 7. The van der Waals surface area contributed by atoms with E-state index in [9.17, 15) is 28.2 Å². The zero-order chi connectivity index (χ0) is 24.6. The lowest BCUT2D eigenvalue weighted by Crippen LogP contribution is -2.35. The number of nitrogens with one attached hydrogen (secondary N) is 1. The predicted octanol–water partition coefficient (Wildman–Crippen LogP) is 2.98. The molecule has 0 amide bonds. The number of carbonyl (C=O) groups is 1. The van der Waals surface area contributed by atoms with Crippen molar-refractivity contribution >= 4 is 23.2 Å². The highest BCUT2D eigenvalue weighted by Crippen LogP contribution is 2.35. The molecule has 12 heteroatoms. The third-order valence-corrected chi connectivity index (χ3v) is 5.96. The first kappa shape index (κ1) is 24.1. The lowest BCUT2D eigenvalue weighted by molar-refractivity contribution is -0.137. The van der Waals surface area contributed by atoms with Gasteiger partial charge in [0, 0.05) is 12.4 Å². The molecule has 1 aliphatic rings. The molecule has 1 aliphatic carbocycles. The summed E-state index contributed by atoms with van der Waals surface area (Å²) in [7, 11) is 0. The molecule has 4 rings (SSSR count). The summed E-state index contributed by atoms with van der Waals surface area (Å²) in [6, 6.07) is 4.42. The van der Waals surface area contributed by atoms with Gasteiger partial charge in [-0.1, -0.05) is 17.7 Å². The normalized spacial score (nSPS) is 22.7. The SMILES string of the molecule is [CH2][C@@H]1C[C@@H](Nc2ncncc2C(=O)c2ccn(Cc3ccc(Cl)c(C(F)(F)F)c3)n2)[C@H](O)[C@@H]1O. The van der Waals surface area contributed by atoms with E-state index >= 15 is 0 Å². The maximum atomic E-state index is 13.1. The van der Waals surface area contributed by atoms with Crippen LogP contribution in [0.3, 0.4) is 0 Å². The number of aromatic nitrogens is 4. The summed E-state index contributed by atoms with van der Waals surface area (Å²) in [6.45, 7) is 3.78. The van der Waals surface area contributed by atoms with E-state index in [4.69, 9.17) is 11.6 Å². The maximum absolute atomic E-state index is 13.1. The van der Waals surface area contributed by atoms with E-state index in [0.717, 1.165) is 6.07 Å². The van der Waals surface area contributed by atoms with Gasteiger partial charge in [0.05, 0.1) is 34.8 Å². The summed E-state index contributed by atoms with van der Waals surface area (Å²) in [6.07, 6.45) is -2.31. The summed E-state index contributed by atoms with van der Waals surface area (Å²) >= 11 is 5.66. The van der Waals surface area contributed by atoms with Crippen LogP contribution in [0.2, 0.25) is 5.02 Å². The van der Waals surface area contributed by atoms with Crippen molar-refractivity contribution in [3.8, 4) is 0 Å². The lowest BCUT2D eigenvalue weighted by atomic mass is 10.1. The molecule has 1 fully saturated rings. The van der Waals surface area contributed by atoms with Crippen LogP contribution in [-0.2, 0) is 12.7 Å². The van der Waals surface area contributed by atoms with Gasteiger partial charge in [-0.15, -0.1) is 0 Å². The highest BCUT2D eigenvalue weighted by atomic mass is 35.5. The Morgan fingerprint density at radius 1 is 1.26 bits per heavy atom. The molecule has 2 aromatic heterocycles. The fourth-order valence-electron chi connectivity index (χ4n) is 3.84. The highest BCUT2D eigenvalue weighted by molar-refractivity contribution is 6.31. The minimum atomic E-state index is -4.59. The van der Waals surface area contributed by atoms with Crippen LogP contribution in [0.1, 0.15) is 33.6 Å². The topological polar surface area (TPSA) is 113 Å². The van der Waals surface area contributed by atoms with Crippen molar-refractivity contribution in [1.82, 2.24) is 19.7 Å². The molecule has 179 valence electrons. The molecule has 0 unspecified atom stereocenters. The Balaban J connectivity index is 1.53. The number of rotatable bonds is 6. The fraction of sp³-hybridized carbons (Fsp3) is 0.318. The van der Waals surface area contributed by atoms with E-state index in [1.165, 1.54) is 41.6 Å². The number of carbonyl (C=O) groups excluding carboxylic acids is 1. The van der Waals surface area contributed by atoms with Gasteiger partial charge >= 0.3 is 6.18 Å². The molecule has 3 N–H and O–H groups in total. The molecule has 4 atom stereocenters. The van der Waals surface area contributed by atoms with Crippen molar-refractivity contribution in [2.24, 2.45) is 5.92 Å². The van der Waals surface area contributed by atoms with Crippen LogP contribution < -0.4 is 5.32 Å². The molecule has 1 saturated carbocycles. The van der Waals surface area contributed by atoms with Gasteiger partial charge < -0.3 is 15.5 Å². The molecule has 1 aromatic carbocycles. The molecule has 0 bridgehead atoms. The van der Waals surface area contributed by atoms with Crippen molar-refractivity contribution in [2.75, 3.05) is 5.32 Å². The fourth-order valence-corrected chi connectivity index (χ4v) is 4.06. The van der Waals surface area contributed by atoms with E-state index in [-0.39, 0.29) is 29.5 Å². The monoisotopic (exact) mass is 494 g/mol. The van der Waals surface area contributed by atoms with Crippen LogP contribution in [-0.4, -0.2) is 54.0 Å². The summed E-state index contributed by atoms with van der Waals surface area (Å²) in [5.41, 5.74) is -0.519. The van der Waals surface area contributed by atoms with Crippen LogP contribution in [0.4, 0.5) is 19.0 Å². The average Bonchev–Trinajstić information content (AvgIpc) is 3.35. The van der Waals surface area contributed by atoms with Gasteiger partial charge in [0.25, 0.3) is 0 Å². The van der Waals surface area contributed by atoms with Gasteiger partial charge in [-0.3, -0.25) is 9.48 Å². The summed E-state index contributed by atoms with van der Waals surface area (Å²) in [5, 5.41) is 26.9. The highest BCUT2D eigenvalue weighted by Gasteiger charge is 2.39. The summed E-state index contributed by atoms with van der Waals surface area (Å²) in [5.74, 6) is -0.740. The number of alkyl halides is 3. The minimum absolute atomic E-state index is 0.0129. The second kappa shape index (κ2) is 9.32. The molecule has 2 heterocycles. The Bertz CT molecular complexity index is 1200. The maximum Gasteiger partial charge on any atom is 0.417 e. The smallest absolute Gasteiger partial charge is 0.390 e. The molecule has 8 nitrogen and oxygen atoms in total. The van der Waals surface area contributed by atoms with Gasteiger partial charge in [-0.25, -0.2) is 9.97 Å². The number of anilines is 1. The molecular weight excluding hydrogens is 475 g/mol. The number of nitrogens with zero attached hydrogens (tertiary/aromatic N) is 4. The van der Waals surface area contributed by atoms with Gasteiger partial charge in [-0.05, 0) is 43.0 Å². The van der Waals surface area contributed by atoms with Crippen molar-refractivity contribution in [3.05, 3.63) is 77.3 Å². The average molecular weight is 495 g/mol. The van der Waals surface area contributed by atoms with Crippen molar-refractivity contribution in [1.29, 1.82) is 0 Å².